The lowest BCUT2D eigenvalue weighted by Crippen LogP contribution is -2.44. The zero-order chi connectivity index (χ0) is 15.5. The lowest BCUT2D eigenvalue weighted by molar-refractivity contribution is -0.137. The average Bonchev–Trinajstić information content (AvgIpc) is 2.88. The van der Waals surface area contributed by atoms with Crippen LogP contribution in [0.5, 0.6) is 5.88 Å². The monoisotopic (exact) mass is 304 g/mol. The van der Waals surface area contributed by atoms with E-state index in [2.05, 4.69) is 9.97 Å². The Morgan fingerprint density at radius 2 is 2.09 bits per heavy atom. The van der Waals surface area contributed by atoms with E-state index in [1.165, 1.54) is 0 Å². The summed E-state index contributed by atoms with van der Waals surface area (Å²) in [5, 5.41) is 0. The number of piperidine rings is 1. The summed E-state index contributed by atoms with van der Waals surface area (Å²) in [4.78, 5) is 35.5. The van der Waals surface area contributed by atoms with Crippen molar-refractivity contribution in [3.05, 3.63) is 18.6 Å². The van der Waals surface area contributed by atoms with Gasteiger partial charge in [0.05, 0.1) is 12.1 Å². The molecule has 118 valence electrons. The van der Waals surface area contributed by atoms with E-state index in [4.69, 9.17) is 4.74 Å². The second-order valence-corrected chi connectivity index (χ2v) is 5.86. The van der Waals surface area contributed by atoms with E-state index in [1.54, 1.807) is 30.5 Å². The molecule has 0 unspecified atom stereocenters. The summed E-state index contributed by atoms with van der Waals surface area (Å²) in [5.41, 5.74) is 0. The molecule has 2 aliphatic rings. The molecule has 0 aliphatic carbocycles. The third kappa shape index (κ3) is 3.18. The number of hydrogen-bond acceptors (Lipinski definition) is 5. The Balaban J connectivity index is 1.49. The summed E-state index contributed by atoms with van der Waals surface area (Å²) in [6.45, 7) is 1.87. The van der Waals surface area contributed by atoms with Crippen molar-refractivity contribution in [2.45, 2.75) is 25.4 Å². The molecule has 0 saturated carbocycles. The molecule has 1 aromatic heterocycles. The smallest absolute Gasteiger partial charge is 0.232 e. The van der Waals surface area contributed by atoms with E-state index in [0.29, 0.717) is 31.9 Å². The molecule has 7 nitrogen and oxygen atoms in total. The fourth-order valence-corrected chi connectivity index (χ4v) is 3.00. The third-order valence-corrected chi connectivity index (χ3v) is 4.27. The molecule has 0 spiro atoms. The first-order valence-corrected chi connectivity index (χ1v) is 7.59. The average molecular weight is 304 g/mol. The van der Waals surface area contributed by atoms with Crippen LogP contribution in [0, 0.1) is 5.92 Å². The topological polar surface area (TPSA) is 75.6 Å². The fourth-order valence-electron chi connectivity index (χ4n) is 3.00. The normalized spacial score (nSPS) is 23.0. The number of hydrogen-bond donors (Lipinski definition) is 0. The highest BCUT2D eigenvalue weighted by Crippen LogP contribution is 2.22. The van der Waals surface area contributed by atoms with Crippen molar-refractivity contribution in [1.29, 1.82) is 0 Å². The minimum Gasteiger partial charge on any atom is -0.473 e. The Hall–Kier alpha value is -2.18. The van der Waals surface area contributed by atoms with E-state index in [0.717, 1.165) is 12.8 Å². The summed E-state index contributed by atoms with van der Waals surface area (Å²) in [7, 11) is 1.75. The van der Waals surface area contributed by atoms with Crippen LogP contribution in [0.15, 0.2) is 18.6 Å². The maximum Gasteiger partial charge on any atom is 0.232 e. The van der Waals surface area contributed by atoms with Crippen molar-refractivity contribution < 1.29 is 14.3 Å². The number of rotatable bonds is 3. The van der Waals surface area contributed by atoms with E-state index in [1.807, 2.05) is 4.90 Å². The first-order valence-electron chi connectivity index (χ1n) is 7.59. The predicted octanol–water partition coefficient (Wildman–Crippen LogP) is 0.325. The van der Waals surface area contributed by atoms with Crippen molar-refractivity contribution in [2.75, 3.05) is 26.7 Å². The van der Waals surface area contributed by atoms with Crippen LogP contribution in [0.3, 0.4) is 0 Å². The van der Waals surface area contributed by atoms with E-state index < -0.39 is 0 Å². The van der Waals surface area contributed by atoms with Crippen LogP contribution < -0.4 is 4.74 Å². The van der Waals surface area contributed by atoms with E-state index in [9.17, 15) is 9.59 Å². The number of ether oxygens (including phenoxy) is 1. The maximum absolute atomic E-state index is 12.4. The Labute approximate surface area is 129 Å². The molecule has 0 radical (unpaired) electrons. The largest absolute Gasteiger partial charge is 0.473 e. The van der Waals surface area contributed by atoms with Crippen LogP contribution in [0.4, 0.5) is 0 Å². The van der Waals surface area contributed by atoms with E-state index in [-0.39, 0.29) is 23.8 Å². The van der Waals surface area contributed by atoms with Gasteiger partial charge in [-0.1, -0.05) is 0 Å². The van der Waals surface area contributed by atoms with Crippen molar-refractivity contribution >= 4 is 11.8 Å². The number of aromatic nitrogens is 2. The third-order valence-electron chi connectivity index (χ3n) is 4.27. The lowest BCUT2D eigenvalue weighted by atomic mass is 10.0. The molecule has 2 aliphatic heterocycles. The van der Waals surface area contributed by atoms with Gasteiger partial charge in [0.25, 0.3) is 0 Å². The minimum absolute atomic E-state index is 0.0548. The molecule has 7 heteroatoms. The first kappa shape index (κ1) is 14.7. The van der Waals surface area contributed by atoms with Gasteiger partial charge in [0, 0.05) is 58.3 Å². The molecule has 0 bridgehead atoms. The molecular weight excluding hydrogens is 284 g/mol. The van der Waals surface area contributed by atoms with Gasteiger partial charge in [-0.2, -0.15) is 0 Å². The number of likely N-dealkylation sites (tertiary alicyclic amines) is 2. The molecule has 1 atom stereocenters. The number of carbonyl (C=O) groups is 2. The van der Waals surface area contributed by atoms with Crippen LogP contribution in [0.2, 0.25) is 0 Å². The van der Waals surface area contributed by atoms with Gasteiger partial charge >= 0.3 is 0 Å². The fraction of sp³-hybridized carbons (Fsp3) is 0.600. The van der Waals surface area contributed by atoms with Crippen molar-refractivity contribution in [3.8, 4) is 5.88 Å². The van der Waals surface area contributed by atoms with Crippen LogP contribution >= 0.6 is 0 Å². The molecule has 22 heavy (non-hydrogen) atoms. The molecular formula is C15H20N4O3. The van der Waals surface area contributed by atoms with Crippen LogP contribution in [0.25, 0.3) is 0 Å². The SMILES string of the molecule is CN1C[C@H](C(=O)N2CCC(Oc3cnccn3)CC2)CC1=O. The van der Waals surface area contributed by atoms with Gasteiger partial charge in [0.2, 0.25) is 17.7 Å². The summed E-state index contributed by atoms with van der Waals surface area (Å²) in [6, 6.07) is 0. The van der Waals surface area contributed by atoms with Crippen molar-refractivity contribution in [1.82, 2.24) is 19.8 Å². The van der Waals surface area contributed by atoms with Gasteiger partial charge in [-0.3, -0.25) is 14.6 Å². The molecule has 0 N–H and O–H groups in total. The minimum atomic E-state index is -0.185. The summed E-state index contributed by atoms with van der Waals surface area (Å²) in [6.07, 6.45) is 6.75. The zero-order valence-corrected chi connectivity index (χ0v) is 12.6. The predicted molar refractivity (Wildman–Crippen MR) is 78.0 cm³/mol. The van der Waals surface area contributed by atoms with Crippen LogP contribution in [0.1, 0.15) is 19.3 Å². The van der Waals surface area contributed by atoms with Gasteiger partial charge in [-0.05, 0) is 0 Å². The maximum atomic E-state index is 12.4. The highest BCUT2D eigenvalue weighted by atomic mass is 16.5. The highest BCUT2D eigenvalue weighted by molar-refractivity contribution is 5.89. The van der Waals surface area contributed by atoms with Gasteiger partial charge in [-0.15, -0.1) is 0 Å². The molecule has 2 saturated heterocycles. The second-order valence-electron chi connectivity index (χ2n) is 5.86. The molecule has 2 amide bonds. The van der Waals surface area contributed by atoms with E-state index >= 15 is 0 Å². The van der Waals surface area contributed by atoms with Gasteiger partial charge in [0.1, 0.15) is 6.10 Å². The Morgan fingerprint density at radius 3 is 2.68 bits per heavy atom. The van der Waals surface area contributed by atoms with Gasteiger partial charge < -0.3 is 14.5 Å². The summed E-state index contributed by atoms with van der Waals surface area (Å²) < 4.78 is 5.77. The Bertz CT molecular complexity index is 543. The quantitative estimate of drug-likeness (QED) is 0.804. The zero-order valence-electron chi connectivity index (χ0n) is 12.6. The second kappa shape index (κ2) is 6.29. The Morgan fingerprint density at radius 1 is 1.32 bits per heavy atom. The Kier molecular flexibility index (Phi) is 4.22. The molecule has 2 fully saturated rings. The molecule has 3 heterocycles. The molecule has 0 aromatic carbocycles. The highest BCUT2D eigenvalue weighted by Gasteiger charge is 2.36. The molecule has 1 aromatic rings. The standard InChI is InChI=1S/C15H20N4O3/c1-18-10-11(8-14(18)20)15(21)19-6-2-12(3-7-19)22-13-9-16-4-5-17-13/h4-5,9,11-12H,2-3,6-8,10H2,1H3/t11-/m1/s1. The number of carbonyl (C=O) groups excluding carboxylic acids is 2. The van der Waals surface area contributed by atoms with Crippen molar-refractivity contribution in [3.63, 3.8) is 0 Å². The van der Waals surface area contributed by atoms with Crippen LogP contribution in [-0.4, -0.2) is 64.4 Å². The lowest BCUT2D eigenvalue weighted by Gasteiger charge is -2.33. The molecule has 3 rings (SSSR count). The van der Waals surface area contributed by atoms with Crippen molar-refractivity contribution in [2.24, 2.45) is 5.92 Å². The van der Waals surface area contributed by atoms with Gasteiger partial charge in [0.15, 0.2) is 0 Å². The number of amides is 2. The summed E-state index contributed by atoms with van der Waals surface area (Å²) >= 11 is 0. The van der Waals surface area contributed by atoms with Gasteiger partial charge in [-0.25, -0.2) is 4.98 Å². The first-order chi connectivity index (χ1) is 10.6. The summed E-state index contributed by atoms with van der Waals surface area (Å²) in [5.74, 6) is 0.486. The number of nitrogens with zero attached hydrogens (tertiary/aromatic N) is 4. The van der Waals surface area contributed by atoms with Crippen LogP contribution in [-0.2, 0) is 9.59 Å².